The first kappa shape index (κ1) is 14.4. The summed E-state index contributed by atoms with van der Waals surface area (Å²) < 4.78 is 50.4. The lowest BCUT2D eigenvalue weighted by atomic mass is 9.81. The van der Waals surface area contributed by atoms with E-state index in [-0.39, 0.29) is 5.56 Å². The minimum Gasteiger partial charge on any atom is -0.480 e. The molecule has 18 heavy (non-hydrogen) atoms. The van der Waals surface area contributed by atoms with Crippen molar-refractivity contribution in [2.45, 2.75) is 11.6 Å². The van der Waals surface area contributed by atoms with Gasteiger partial charge in [0.25, 0.3) is 0 Å². The van der Waals surface area contributed by atoms with E-state index in [2.05, 4.69) is 0 Å². The van der Waals surface area contributed by atoms with Crippen LogP contribution in [0.1, 0.15) is 11.1 Å². The summed E-state index contributed by atoms with van der Waals surface area (Å²) in [5, 5.41) is 8.97. The first-order valence-electron chi connectivity index (χ1n) is 4.95. The third-order valence-corrected chi connectivity index (χ3v) is 2.73. The van der Waals surface area contributed by atoms with Crippen LogP contribution in [0, 0.1) is 0 Å². The Balaban J connectivity index is 3.35. The number of hydrogen-bond acceptors (Lipinski definition) is 2. The van der Waals surface area contributed by atoms with Crippen LogP contribution < -0.4 is 5.73 Å². The number of carboxylic acids is 1. The molecule has 0 aliphatic carbocycles. The number of halogens is 4. The lowest BCUT2D eigenvalue weighted by Gasteiger charge is -2.25. The lowest BCUT2D eigenvalue weighted by molar-refractivity contribution is -0.144. The maximum atomic E-state index is 12.9. The summed E-state index contributed by atoms with van der Waals surface area (Å²) in [6.45, 7) is -2.00. The van der Waals surface area contributed by atoms with E-state index >= 15 is 0 Å². The Morgan fingerprint density at radius 3 is 2.22 bits per heavy atom. The average molecular weight is 265 g/mol. The van der Waals surface area contributed by atoms with E-state index in [1.54, 1.807) is 0 Å². The molecule has 1 atom stereocenters. The van der Waals surface area contributed by atoms with Crippen LogP contribution >= 0.6 is 0 Å². The van der Waals surface area contributed by atoms with E-state index in [0.717, 1.165) is 18.2 Å². The molecule has 7 heteroatoms. The van der Waals surface area contributed by atoms with Crippen LogP contribution in [0.25, 0.3) is 0 Å². The second-order valence-corrected chi connectivity index (χ2v) is 3.80. The third-order valence-electron chi connectivity index (χ3n) is 2.73. The van der Waals surface area contributed by atoms with E-state index in [4.69, 9.17) is 10.8 Å². The van der Waals surface area contributed by atoms with Crippen molar-refractivity contribution in [3.63, 3.8) is 0 Å². The first-order chi connectivity index (χ1) is 8.28. The molecule has 0 aliphatic heterocycles. The van der Waals surface area contributed by atoms with Crippen LogP contribution in [0.15, 0.2) is 24.3 Å². The van der Waals surface area contributed by atoms with Crippen molar-refractivity contribution in [3.8, 4) is 0 Å². The molecule has 0 aliphatic rings. The molecule has 0 fully saturated rings. The van der Waals surface area contributed by atoms with Gasteiger partial charge in [-0.3, -0.25) is 4.79 Å². The van der Waals surface area contributed by atoms with Crippen molar-refractivity contribution >= 4 is 5.97 Å². The quantitative estimate of drug-likeness (QED) is 0.818. The Bertz CT molecular complexity index is 441. The number of rotatable bonds is 4. The molecule has 1 unspecified atom stereocenters. The van der Waals surface area contributed by atoms with Gasteiger partial charge in [0.1, 0.15) is 12.1 Å². The maximum Gasteiger partial charge on any atom is 0.416 e. The predicted octanol–water partition coefficient (Wildman–Crippen LogP) is 1.96. The Labute approximate surface area is 100 Å². The first-order valence-corrected chi connectivity index (χ1v) is 4.95. The Kier molecular flexibility index (Phi) is 3.95. The van der Waals surface area contributed by atoms with E-state index < -0.39 is 36.3 Å². The van der Waals surface area contributed by atoms with Crippen molar-refractivity contribution in [3.05, 3.63) is 35.4 Å². The smallest absolute Gasteiger partial charge is 0.416 e. The van der Waals surface area contributed by atoms with E-state index in [0.29, 0.717) is 6.07 Å². The van der Waals surface area contributed by atoms with Gasteiger partial charge in [-0.05, 0) is 11.6 Å². The zero-order chi connectivity index (χ0) is 14.0. The van der Waals surface area contributed by atoms with Gasteiger partial charge in [-0.25, -0.2) is 4.39 Å². The largest absolute Gasteiger partial charge is 0.480 e. The van der Waals surface area contributed by atoms with E-state index in [9.17, 15) is 22.4 Å². The monoisotopic (exact) mass is 265 g/mol. The zero-order valence-corrected chi connectivity index (χ0v) is 9.17. The van der Waals surface area contributed by atoms with Gasteiger partial charge in [0.05, 0.1) is 5.56 Å². The zero-order valence-electron chi connectivity index (χ0n) is 9.17. The second-order valence-electron chi connectivity index (χ2n) is 3.80. The summed E-state index contributed by atoms with van der Waals surface area (Å²) in [6.07, 6.45) is -4.62. The highest BCUT2D eigenvalue weighted by atomic mass is 19.4. The summed E-state index contributed by atoms with van der Waals surface area (Å²) in [4.78, 5) is 11.0. The molecule has 1 aromatic carbocycles. The van der Waals surface area contributed by atoms with Gasteiger partial charge < -0.3 is 10.8 Å². The van der Waals surface area contributed by atoms with Gasteiger partial charge >= 0.3 is 12.1 Å². The average Bonchev–Trinajstić information content (AvgIpc) is 2.30. The summed E-state index contributed by atoms with van der Waals surface area (Å²) >= 11 is 0. The van der Waals surface area contributed by atoms with Gasteiger partial charge in [0.15, 0.2) is 0 Å². The lowest BCUT2D eigenvalue weighted by Crippen LogP contribution is -2.45. The highest BCUT2D eigenvalue weighted by molar-refractivity contribution is 5.82. The van der Waals surface area contributed by atoms with E-state index in [1.165, 1.54) is 0 Å². The molecule has 0 aromatic heterocycles. The minimum atomic E-state index is -4.62. The van der Waals surface area contributed by atoms with Crippen LogP contribution in [0.3, 0.4) is 0 Å². The Morgan fingerprint density at radius 2 is 1.83 bits per heavy atom. The fourth-order valence-electron chi connectivity index (χ4n) is 1.51. The number of carboxylic acid groups (broad SMARTS) is 1. The second kappa shape index (κ2) is 4.93. The van der Waals surface area contributed by atoms with E-state index in [1.807, 2.05) is 0 Å². The van der Waals surface area contributed by atoms with Gasteiger partial charge in [-0.15, -0.1) is 0 Å². The van der Waals surface area contributed by atoms with Crippen LogP contribution in [0.5, 0.6) is 0 Å². The Hall–Kier alpha value is -1.63. The molecule has 1 rings (SSSR count). The topological polar surface area (TPSA) is 63.3 Å². The number of benzene rings is 1. The van der Waals surface area contributed by atoms with Crippen LogP contribution in [-0.4, -0.2) is 24.3 Å². The molecule has 0 amide bonds. The number of aliphatic carboxylic acids is 1. The summed E-state index contributed by atoms with van der Waals surface area (Å²) in [6, 6.07) is 3.54. The summed E-state index contributed by atoms with van der Waals surface area (Å²) in [7, 11) is 0. The normalized spacial score (nSPS) is 15.2. The third kappa shape index (κ3) is 2.45. The minimum absolute atomic E-state index is 0.296. The molecule has 0 radical (unpaired) electrons. The number of nitrogens with two attached hydrogens (primary N) is 1. The summed E-state index contributed by atoms with van der Waals surface area (Å²) in [5.41, 5.74) is 1.74. The van der Waals surface area contributed by atoms with Crippen LogP contribution in [-0.2, 0) is 16.4 Å². The molecule has 0 heterocycles. The van der Waals surface area contributed by atoms with Crippen LogP contribution in [0.2, 0.25) is 0 Å². The fraction of sp³-hybridized carbons (Fsp3) is 0.364. The van der Waals surface area contributed by atoms with Crippen molar-refractivity contribution in [1.29, 1.82) is 0 Å². The molecule has 0 bridgehead atoms. The fourth-order valence-corrected chi connectivity index (χ4v) is 1.51. The van der Waals surface area contributed by atoms with Crippen molar-refractivity contribution in [1.82, 2.24) is 0 Å². The number of alkyl halides is 4. The molecule has 3 nitrogen and oxygen atoms in total. The van der Waals surface area contributed by atoms with Crippen molar-refractivity contribution < 1.29 is 27.5 Å². The van der Waals surface area contributed by atoms with Crippen molar-refractivity contribution in [2.24, 2.45) is 5.73 Å². The SMILES string of the molecule is NCC(CF)(C(=O)O)c1cccc(C(F)(F)F)c1. The summed E-state index contributed by atoms with van der Waals surface area (Å²) in [5.74, 6) is -1.59. The molecule has 0 spiro atoms. The van der Waals surface area contributed by atoms with Crippen molar-refractivity contribution in [2.75, 3.05) is 13.2 Å². The molecular formula is C11H11F4NO2. The molecule has 100 valence electrons. The molecular weight excluding hydrogens is 254 g/mol. The molecule has 0 saturated heterocycles. The standard InChI is InChI=1S/C11H11F4NO2/c12-5-10(6-16,9(17)18)7-2-1-3-8(4-7)11(13,14)15/h1-4H,5-6,16H2,(H,17,18). The Morgan fingerprint density at radius 1 is 1.28 bits per heavy atom. The number of hydrogen-bond donors (Lipinski definition) is 2. The van der Waals surface area contributed by atoms with Gasteiger partial charge in [-0.1, -0.05) is 18.2 Å². The highest BCUT2D eigenvalue weighted by Gasteiger charge is 2.41. The molecule has 1 aromatic rings. The number of carbonyl (C=O) groups is 1. The predicted molar refractivity (Wildman–Crippen MR) is 55.8 cm³/mol. The highest BCUT2D eigenvalue weighted by Crippen LogP contribution is 2.33. The molecule has 0 saturated carbocycles. The van der Waals surface area contributed by atoms with Crippen LogP contribution in [0.4, 0.5) is 17.6 Å². The van der Waals surface area contributed by atoms with Gasteiger partial charge in [0, 0.05) is 6.54 Å². The maximum absolute atomic E-state index is 12.9. The van der Waals surface area contributed by atoms with Gasteiger partial charge in [-0.2, -0.15) is 13.2 Å². The molecule has 3 N–H and O–H groups in total. The van der Waals surface area contributed by atoms with Gasteiger partial charge in [0.2, 0.25) is 0 Å².